The minimum absolute atomic E-state index is 0.0414. The summed E-state index contributed by atoms with van der Waals surface area (Å²) < 4.78 is 18.7. The van der Waals surface area contributed by atoms with E-state index in [4.69, 9.17) is 8.83 Å². The van der Waals surface area contributed by atoms with Gasteiger partial charge in [0.1, 0.15) is 11.2 Å². The number of hydrogen-bond acceptors (Lipinski definition) is 2. The fraction of sp³-hybridized carbons (Fsp3) is 0.254. The number of fused-ring (bicyclic) bond motifs is 15. The van der Waals surface area contributed by atoms with Crippen LogP contribution in [0, 0.1) is 6.92 Å². The van der Waals surface area contributed by atoms with E-state index in [1.165, 1.54) is 82.2 Å². The van der Waals surface area contributed by atoms with Crippen LogP contribution in [0.25, 0.3) is 120 Å². The summed E-state index contributed by atoms with van der Waals surface area (Å²) in [5.41, 5.74) is 17.1. The van der Waals surface area contributed by atoms with Crippen LogP contribution in [-0.2, 0) is 21.7 Å². The van der Waals surface area contributed by atoms with E-state index in [1.54, 1.807) is 0 Å². The van der Waals surface area contributed by atoms with E-state index in [2.05, 4.69) is 239 Å². The van der Waals surface area contributed by atoms with Gasteiger partial charge in [-0.1, -0.05) is 119 Å². The third-order valence-corrected chi connectivity index (χ3v) is 15.8. The van der Waals surface area contributed by atoms with Gasteiger partial charge in [0.2, 0.25) is 0 Å². The van der Waals surface area contributed by atoms with E-state index in [9.17, 15) is 0 Å². The SMILES string of the molecule is Cc1cc2c3cc4ccc(-n5c6ccc(C(C)(C)C)cc6c6cc(C(C)(C)C)ccc65)cc4cc3oc2c2oc3cc4cc(-n5c6ccc(C(C)(C)C)cc6c6cc(C(C)(C)C)ccc65)ccc4cc3c12. The van der Waals surface area contributed by atoms with Crippen molar-refractivity contribution in [1.82, 2.24) is 9.13 Å². The summed E-state index contributed by atoms with van der Waals surface area (Å²) in [6.45, 7) is 29.8. The molecule has 13 rings (SSSR count). The molecule has 0 bridgehead atoms. The Kier molecular flexibility index (Phi) is 8.87. The summed E-state index contributed by atoms with van der Waals surface area (Å²) in [7, 11) is 0. The van der Waals surface area contributed by atoms with Gasteiger partial charge in [-0.25, -0.2) is 0 Å². The zero-order chi connectivity index (χ0) is 49.4. The summed E-state index contributed by atoms with van der Waals surface area (Å²) in [4.78, 5) is 0. The number of aryl methyl sites for hydroxylation is 1. The molecule has 0 aliphatic rings. The Hall–Kier alpha value is -7.30. The second-order valence-electron chi connectivity index (χ2n) is 24.8. The summed E-state index contributed by atoms with van der Waals surface area (Å²) in [6.07, 6.45) is 0. The van der Waals surface area contributed by atoms with Gasteiger partial charge >= 0.3 is 0 Å². The number of rotatable bonds is 2. The molecule has 71 heavy (non-hydrogen) atoms. The van der Waals surface area contributed by atoms with Gasteiger partial charge in [-0.2, -0.15) is 0 Å². The highest BCUT2D eigenvalue weighted by molar-refractivity contribution is 6.23. The van der Waals surface area contributed by atoms with Crippen molar-refractivity contribution in [1.29, 1.82) is 0 Å². The van der Waals surface area contributed by atoms with Crippen molar-refractivity contribution in [2.24, 2.45) is 0 Å². The van der Waals surface area contributed by atoms with Gasteiger partial charge in [0, 0.05) is 54.5 Å². The smallest absolute Gasteiger partial charge is 0.178 e. The van der Waals surface area contributed by atoms with Crippen molar-refractivity contribution in [3.05, 3.63) is 167 Å². The molecule has 0 saturated carbocycles. The maximum Gasteiger partial charge on any atom is 0.178 e. The summed E-state index contributed by atoms with van der Waals surface area (Å²) >= 11 is 0. The van der Waals surface area contributed by atoms with E-state index in [1.807, 2.05) is 0 Å². The lowest BCUT2D eigenvalue weighted by Crippen LogP contribution is -2.10. The highest BCUT2D eigenvalue weighted by atomic mass is 16.4. The van der Waals surface area contributed by atoms with Gasteiger partial charge in [-0.05, 0) is 181 Å². The van der Waals surface area contributed by atoms with E-state index < -0.39 is 0 Å². The van der Waals surface area contributed by atoms with Crippen LogP contribution >= 0.6 is 0 Å². The van der Waals surface area contributed by atoms with Crippen LogP contribution in [0.4, 0.5) is 0 Å². The molecule has 0 atom stereocenters. The van der Waals surface area contributed by atoms with Crippen LogP contribution in [0.2, 0.25) is 0 Å². The number of nitrogens with zero attached hydrogens (tertiary/aromatic N) is 2. The molecule has 4 nitrogen and oxygen atoms in total. The lowest BCUT2D eigenvalue weighted by molar-refractivity contribution is 0.590. The average molecular weight is 927 g/mol. The molecule has 0 fully saturated rings. The summed E-state index contributed by atoms with van der Waals surface area (Å²) in [5, 5.41) is 14.1. The third-order valence-electron chi connectivity index (χ3n) is 15.8. The normalized spacial score (nSPS) is 13.4. The van der Waals surface area contributed by atoms with E-state index in [0.29, 0.717) is 0 Å². The first kappa shape index (κ1) is 43.7. The van der Waals surface area contributed by atoms with Crippen molar-refractivity contribution in [3.63, 3.8) is 0 Å². The van der Waals surface area contributed by atoms with Crippen molar-refractivity contribution in [2.75, 3.05) is 0 Å². The van der Waals surface area contributed by atoms with Crippen LogP contribution in [-0.4, -0.2) is 9.13 Å². The lowest BCUT2D eigenvalue weighted by Gasteiger charge is -2.19. The monoisotopic (exact) mass is 926 g/mol. The molecule has 0 unspecified atom stereocenters. The van der Waals surface area contributed by atoms with Crippen LogP contribution in [0.3, 0.4) is 0 Å². The molecule has 4 aromatic heterocycles. The lowest BCUT2D eigenvalue weighted by atomic mass is 9.85. The zero-order valence-corrected chi connectivity index (χ0v) is 43.5. The Labute approximate surface area is 415 Å². The minimum atomic E-state index is 0.0414. The van der Waals surface area contributed by atoms with Crippen molar-refractivity contribution in [3.8, 4) is 11.4 Å². The number of aromatic nitrogens is 2. The Balaban J connectivity index is 0.949. The fourth-order valence-corrected chi connectivity index (χ4v) is 11.6. The first-order valence-electron chi connectivity index (χ1n) is 25.5. The molecule has 0 amide bonds. The predicted octanol–water partition coefficient (Wildman–Crippen LogP) is 19.5. The molecule has 0 aliphatic heterocycles. The average Bonchev–Trinajstić information content (AvgIpc) is 4.05. The Morgan fingerprint density at radius 1 is 0.310 bits per heavy atom. The molecule has 0 radical (unpaired) electrons. The number of benzene rings is 9. The molecular weight excluding hydrogens is 865 g/mol. The minimum Gasteiger partial charge on any atom is -0.452 e. The Bertz CT molecular complexity index is 4290. The van der Waals surface area contributed by atoms with Crippen molar-refractivity contribution >= 4 is 109 Å². The van der Waals surface area contributed by atoms with Crippen LogP contribution in [0.5, 0.6) is 0 Å². The third kappa shape index (κ3) is 6.63. The second-order valence-corrected chi connectivity index (χ2v) is 24.8. The Morgan fingerprint density at radius 3 is 1.07 bits per heavy atom. The molecule has 352 valence electrons. The summed E-state index contributed by atoms with van der Waals surface area (Å²) in [6, 6.07) is 53.2. The van der Waals surface area contributed by atoms with Gasteiger partial charge in [-0.15, -0.1) is 0 Å². The first-order chi connectivity index (χ1) is 33.6. The first-order valence-corrected chi connectivity index (χ1v) is 25.5. The van der Waals surface area contributed by atoms with Crippen molar-refractivity contribution < 1.29 is 8.83 Å². The molecule has 0 N–H and O–H groups in total. The zero-order valence-electron chi connectivity index (χ0n) is 43.5. The molecule has 0 spiro atoms. The van der Waals surface area contributed by atoms with Gasteiger partial charge in [-0.3, -0.25) is 0 Å². The molecule has 13 aromatic rings. The van der Waals surface area contributed by atoms with Gasteiger partial charge in [0.15, 0.2) is 11.2 Å². The molecule has 4 heteroatoms. The van der Waals surface area contributed by atoms with E-state index in [-0.39, 0.29) is 21.7 Å². The van der Waals surface area contributed by atoms with E-state index >= 15 is 0 Å². The number of furan rings is 2. The second kappa shape index (κ2) is 14.4. The van der Waals surface area contributed by atoms with Gasteiger partial charge < -0.3 is 18.0 Å². The largest absolute Gasteiger partial charge is 0.452 e. The highest BCUT2D eigenvalue weighted by Gasteiger charge is 2.25. The van der Waals surface area contributed by atoms with Crippen LogP contribution in [0.1, 0.15) is 111 Å². The molecular formula is C67H62N2O2. The summed E-state index contributed by atoms with van der Waals surface area (Å²) in [5.74, 6) is 0. The van der Waals surface area contributed by atoms with Gasteiger partial charge in [0.25, 0.3) is 0 Å². The maximum absolute atomic E-state index is 6.95. The fourth-order valence-electron chi connectivity index (χ4n) is 11.6. The van der Waals surface area contributed by atoms with Gasteiger partial charge in [0.05, 0.1) is 22.1 Å². The Morgan fingerprint density at radius 2 is 0.676 bits per heavy atom. The van der Waals surface area contributed by atoms with E-state index in [0.717, 1.165) is 66.0 Å². The quantitative estimate of drug-likeness (QED) is 0.173. The maximum atomic E-state index is 6.95. The molecule has 9 aromatic carbocycles. The predicted molar refractivity (Wildman–Crippen MR) is 304 cm³/mol. The van der Waals surface area contributed by atoms with Crippen LogP contribution < -0.4 is 0 Å². The number of hydrogen-bond donors (Lipinski definition) is 0. The standard InChI is InChI=1S/C67H62N2O2/c1-37-26-53-52-29-38-14-20-46(68-55-22-16-42(64(2,3)4)33-48(55)49-34-43(65(5,6)7)17-23-56(49)68)27-40(38)31-59(52)70-62(53)63-61(37)54-30-39-15-21-47(28-41(39)32-60(54)71-63)69-57-24-18-44(66(8,9)10)35-50(57)51-36-45(67(11,12)13)19-25-58(51)69/h14-36H,1-13H3. The molecule has 0 saturated heterocycles. The topological polar surface area (TPSA) is 36.1 Å². The van der Waals surface area contributed by atoms with Crippen LogP contribution in [0.15, 0.2) is 148 Å². The molecule has 4 heterocycles. The van der Waals surface area contributed by atoms with Crippen molar-refractivity contribution in [2.45, 2.75) is 112 Å². The highest BCUT2D eigenvalue weighted by Crippen LogP contribution is 2.45. The molecule has 0 aliphatic carbocycles.